The first-order valence-corrected chi connectivity index (χ1v) is 12.4. The van der Waals surface area contributed by atoms with Crippen molar-refractivity contribution in [1.82, 2.24) is 19.8 Å². The molecule has 0 saturated heterocycles. The Morgan fingerprint density at radius 2 is 2.09 bits per heavy atom. The van der Waals surface area contributed by atoms with Crippen LogP contribution in [0.3, 0.4) is 0 Å². The molecule has 5 rings (SSSR count). The highest BCUT2D eigenvalue weighted by atomic mass is 32.1. The maximum atomic E-state index is 13.8. The van der Waals surface area contributed by atoms with E-state index in [1.807, 2.05) is 25.1 Å². The number of hydrogen-bond donors (Lipinski definition) is 1. The second-order valence-electron chi connectivity index (χ2n) is 9.27. The molecule has 3 aromatic heterocycles. The molecule has 1 saturated carbocycles. The standard InChI is InChI=1S/C25H30N4O2S/c1-3-19-12-20-22(32-19)13-21-23(30)29(15-17-8-7-11-26-14-17)25(2,16-28(20)21)24(31)27-18-9-5-4-6-10-18/h7-8,11-14,18H,3-6,9-10,15-16H2,1-2H3,(H,27,31). The van der Waals surface area contributed by atoms with Gasteiger partial charge in [0.15, 0.2) is 0 Å². The Bertz CT molecular complexity index is 1150. The number of rotatable bonds is 5. The third-order valence-corrected chi connectivity index (χ3v) is 8.22. The molecule has 168 valence electrons. The van der Waals surface area contributed by atoms with E-state index in [1.165, 1.54) is 11.3 Å². The van der Waals surface area contributed by atoms with Gasteiger partial charge in [0, 0.05) is 29.9 Å². The van der Waals surface area contributed by atoms with E-state index in [0.717, 1.165) is 47.9 Å². The molecular weight excluding hydrogens is 420 g/mol. The Morgan fingerprint density at radius 1 is 1.28 bits per heavy atom. The maximum absolute atomic E-state index is 13.8. The van der Waals surface area contributed by atoms with E-state index in [2.05, 4.69) is 27.9 Å². The number of amides is 2. The van der Waals surface area contributed by atoms with Crippen LogP contribution < -0.4 is 5.32 Å². The summed E-state index contributed by atoms with van der Waals surface area (Å²) < 4.78 is 3.18. The number of carbonyl (C=O) groups excluding carboxylic acids is 2. The first kappa shape index (κ1) is 21.2. The van der Waals surface area contributed by atoms with Crippen LogP contribution in [-0.2, 0) is 24.3 Å². The number of carbonyl (C=O) groups is 2. The summed E-state index contributed by atoms with van der Waals surface area (Å²) in [6.07, 6.45) is 10.0. The Balaban J connectivity index is 1.54. The van der Waals surface area contributed by atoms with Crippen LogP contribution in [0.15, 0.2) is 36.7 Å². The highest BCUT2D eigenvalue weighted by molar-refractivity contribution is 7.19. The molecular formula is C25H30N4O2S. The second kappa shape index (κ2) is 8.35. The van der Waals surface area contributed by atoms with Crippen molar-refractivity contribution in [2.75, 3.05) is 0 Å². The first-order valence-electron chi connectivity index (χ1n) is 11.6. The largest absolute Gasteiger partial charge is 0.351 e. The van der Waals surface area contributed by atoms with Gasteiger partial charge in [0.2, 0.25) is 5.91 Å². The van der Waals surface area contributed by atoms with Gasteiger partial charge in [-0.3, -0.25) is 14.6 Å². The molecule has 0 aromatic carbocycles. The lowest BCUT2D eigenvalue weighted by Crippen LogP contribution is -2.64. The van der Waals surface area contributed by atoms with E-state index >= 15 is 0 Å². The SMILES string of the molecule is CCc1cc2c(cc3n2CC(C)(C(=O)NC2CCCCC2)N(Cc2cccnc2)C3=O)s1. The minimum atomic E-state index is -0.975. The van der Waals surface area contributed by atoms with Crippen LogP contribution in [0, 0.1) is 0 Å². The molecule has 4 heterocycles. The summed E-state index contributed by atoms with van der Waals surface area (Å²) in [5.74, 6) is -0.150. The Labute approximate surface area is 192 Å². The van der Waals surface area contributed by atoms with Gasteiger partial charge >= 0.3 is 0 Å². The Hall–Kier alpha value is -2.67. The molecule has 6 nitrogen and oxygen atoms in total. The van der Waals surface area contributed by atoms with Crippen molar-refractivity contribution in [1.29, 1.82) is 0 Å². The molecule has 1 unspecified atom stereocenters. The molecule has 1 atom stereocenters. The topological polar surface area (TPSA) is 67.2 Å². The minimum Gasteiger partial charge on any atom is -0.351 e. The average Bonchev–Trinajstić information content (AvgIpc) is 3.36. The summed E-state index contributed by atoms with van der Waals surface area (Å²) >= 11 is 1.73. The lowest BCUT2D eigenvalue weighted by Gasteiger charge is -2.44. The van der Waals surface area contributed by atoms with Gasteiger partial charge < -0.3 is 14.8 Å². The quantitative estimate of drug-likeness (QED) is 0.621. The van der Waals surface area contributed by atoms with Crippen molar-refractivity contribution in [2.45, 2.75) is 77.0 Å². The van der Waals surface area contributed by atoms with Gasteiger partial charge in [0.1, 0.15) is 11.2 Å². The summed E-state index contributed by atoms with van der Waals surface area (Å²) in [7, 11) is 0. The highest BCUT2D eigenvalue weighted by Crippen LogP contribution is 2.37. The van der Waals surface area contributed by atoms with E-state index in [9.17, 15) is 9.59 Å². The highest BCUT2D eigenvalue weighted by Gasteiger charge is 2.48. The summed E-state index contributed by atoms with van der Waals surface area (Å²) in [4.78, 5) is 34.8. The fourth-order valence-corrected chi connectivity index (χ4v) is 6.11. The van der Waals surface area contributed by atoms with Crippen LogP contribution in [-0.4, -0.2) is 37.8 Å². The Kier molecular flexibility index (Phi) is 5.53. The summed E-state index contributed by atoms with van der Waals surface area (Å²) in [5.41, 5.74) is 1.68. The molecule has 2 amide bonds. The number of nitrogens with zero attached hydrogens (tertiary/aromatic N) is 3. The number of hydrogen-bond acceptors (Lipinski definition) is 4. The van der Waals surface area contributed by atoms with Crippen LogP contribution in [0.5, 0.6) is 0 Å². The van der Waals surface area contributed by atoms with Gasteiger partial charge in [-0.25, -0.2) is 0 Å². The molecule has 0 bridgehead atoms. The lowest BCUT2D eigenvalue weighted by atomic mass is 9.91. The van der Waals surface area contributed by atoms with Crippen LogP contribution in [0.4, 0.5) is 0 Å². The zero-order chi connectivity index (χ0) is 22.3. The second-order valence-corrected chi connectivity index (χ2v) is 10.4. The minimum absolute atomic E-state index is 0.0555. The number of aryl methyl sites for hydroxylation is 1. The van der Waals surface area contributed by atoms with Gasteiger partial charge in [0.25, 0.3) is 5.91 Å². The molecule has 0 radical (unpaired) electrons. The Morgan fingerprint density at radius 3 is 2.81 bits per heavy atom. The van der Waals surface area contributed by atoms with Gasteiger partial charge in [-0.15, -0.1) is 11.3 Å². The van der Waals surface area contributed by atoms with Crippen molar-refractivity contribution >= 4 is 33.4 Å². The van der Waals surface area contributed by atoms with Crippen molar-refractivity contribution in [2.24, 2.45) is 0 Å². The third kappa shape index (κ3) is 3.62. The van der Waals surface area contributed by atoms with Crippen LogP contribution >= 0.6 is 11.3 Å². The molecule has 1 fully saturated rings. The molecule has 1 aliphatic heterocycles. The van der Waals surface area contributed by atoms with E-state index in [0.29, 0.717) is 18.8 Å². The number of fused-ring (bicyclic) bond motifs is 3. The predicted octanol–water partition coefficient (Wildman–Crippen LogP) is 4.52. The fraction of sp³-hybridized carbons (Fsp3) is 0.480. The molecule has 32 heavy (non-hydrogen) atoms. The lowest BCUT2D eigenvalue weighted by molar-refractivity contribution is -0.134. The predicted molar refractivity (Wildman–Crippen MR) is 127 cm³/mol. The zero-order valence-electron chi connectivity index (χ0n) is 18.8. The van der Waals surface area contributed by atoms with Crippen LogP contribution in [0.25, 0.3) is 10.2 Å². The zero-order valence-corrected chi connectivity index (χ0v) is 19.6. The summed E-state index contributed by atoms with van der Waals surface area (Å²) in [5, 5.41) is 3.29. The van der Waals surface area contributed by atoms with E-state index in [1.54, 1.807) is 28.6 Å². The molecule has 1 N–H and O–H groups in total. The monoisotopic (exact) mass is 450 g/mol. The van der Waals surface area contributed by atoms with Gasteiger partial charge in [-0.2, -0.15) is 0 Å². The van der Waals surface area contributed by atoms with Crippen LogP contribution in [0.2, 0.25) is 0 Å². The van der Waals surface area contributed by atoms with Crippen molar-refractivity contribution < 1.29 is 9.59 Å². The fourth-order valence-electron chi connectivity index (χ4n) is 5.07. The third-order valence-electron chi connectivity index (χ3n) is 7.01. The molecule has 3 aromatic rings. The smallest absolute Gasteiger partial charge is 0.271 e. The number of aromatic nitrogens is 2. The normalized spacial score (nSPS) is 21.7. The molecule has 1 aliphatic carbocycles. The first-order chi connectivity index (χ1) is 15.5. The summed E-state index contributed by atoms with van der Waals surface area (Å²) in [6.45, 7) is 4.88. The van der Waals surface area contributed by atoms with Gasteiger partial charge in [-0.1, -0.05) is 32.3 Å². The van der Waals surface area contributed by atoms with Crippen molar-refractivity contribution in [3.05, 3.63) is 52.8 Å². The molecule has 2 aliphatic rings. The van der Waals surface area contributed by atoms with E-state index < -0.39 is 5.54 Å². The average molecular weight is 451 g/mol. The van der Waals surface area contributed by atoms with Gasteiger partial charge in [0.05, 0.1) is 16.8 Å². The maximum Gasteiger partial charge on any atom is 0.271 e. The van der Waals surface area contributed by atoms with Crippen molar-refractivity contribution in [3.63, 3.8) is 0 Å². The number of pyridine rings is 1. The summed E-state index contributed by atoms with van der Waals surface area (Å²) in [6, 6.07) is 8.19. The number of thiophene rings is 1. The van der Waals surface area contributed by atoms with Gasteiger partial charge in [-0.05, 0) is 49.9 Å². The molecule has 7 heteroatoms. The number of nitrogens with one attached hydrogen (secondary N) is 1. The molecule has 0 spiro atoms. The van der Waals surface area contributed by atoms with E-state index in [4.69, 9.17) is 0 Å². The van der Waals surface area contributed by atoms with Crippen LogP contribution in [0.1, 0.15) is 66.9 Å². The van der Waals surface area contributed by atoms with Crippen molar-refractivity contribution in [3.8, 4) is 0 Å². The van der Waals surface area contributed by atoms with E-state index in [-0.39, 0.29) is 17.9 Å².